The van der Waals surface area contributed by atoms with E-state index in [-0.39, 0.29) is 17.4 Å². The molecule has 0 saturated heterocycles. The monoisotopic (exact) mass is 379 g/mol. The highest BCUT2D eigenvalue weighted by Crippen LogP contribution is 2.16. The molecule has 0 aliphatic rings. The number of carbonyl (C=O) groups is 1. The Bertz CT molecular complexity index is 944. The third-order valence-corrected chi connectivity index (χ3v) is 4.20. The maximum Gasteiger partial charge on any atom is 0.274 e. The van der Waals surface area contributed by atoms with E-state index in [2.05, 4.69) is 20.6 Å². The fraction of sp³-hybridized carbons (Fsp3) is 0.190. The Balaban J connectivity index is 1.59. The molecule has 2 aromatic carbocycles. The SMILES string of the molecule is CN(C)c1ccc(NC(=O)c2cc(NCCc3ccccc3F)ncn2)cc1. The summed E-state index contributed by atoms with van der Waals surface area (Å²) in [6.07, 6.45) is 1.84. The van der Waals surface area contributed by atoms with Crippen molar-refractivity contribution < 1.29 is 9.18 Å². The van der Waals surface area contributed by atoms with E-state index in [0.717, 1.165) is 5.69 Å². The molecule has 3 rings (SSSR count). The van der Waals surface area contributed by atoms with Gasteiger partial charge in [-0.25, -0.2) is 14.4 Å². The van der Waals surface area contributed by atoms with Crippen LogP contribution in [0.25, 0.3) is 0 Å². The molecule has 0 atom stereocenters. The minimum Gasteiger partial charge on any atom is -0.378 e. The second-order valence-electron chi connectivity index (χ2n) is 6.45. The van der Waals surface area contributed by atoms with Gasteiger partial charge in [0.15, 0.2) is 0 Å². The van der Waals surface area contributed by atoms with Crippen LogP contribution in [0.15, 0.2) is 60.9 Å². The van der Waals surface area contributed by atoms with Crippen LogP contribution >= 0.6 is 0 Å². The number of anilines is 3. The van der Waals surface area contributed by atoms with Crippen molar-refractivity contribution in [1.82, 2.24) is 9.97 Å². The van der Waals surface area contributed by atoms with Gasteiger partial charge >= 0.3 is 0 Å². The van der Waals surface area contributed by atoms with Crippen molar-refractivity contribution in [3.05, 3.63) is 78.0 Å². The van der Waals surface area contributed by atoms with Crippen molar-refractivity contribution in [1.29, 1.82) is 0 Å². The summed E-state index contributed by atoms with van der Waals surface area (Å²) in [5.74, 6) is -0.0380. The van der Waals surface area contributed by atoms with Crippen LogP contribution in [0.2, 0.25) is 0 Å². The molecule has 0 bridgehead atoms. The number of nitrogens with one attached hydrogen (secondary N) is 2. The van der Waals surface area contributed by atoms with Gasteiger partial charge in [0.2, 0.25) is 0 Å². The minimum atomic E-state index is -0.322. The van der Waals surface area contributed by atoms with Crippen molar-refractivity contribution in [2.45, 2.75) is 6.42 Å². The third-order valence-electron chi connectivity index (χ3n) is 4.20. The standard InChI is InChI=1S/C21H22FN5O/c1-27(2)17-9-7-16(8-10-17)26-21(28)19-13-20(25-14-24-19)23-12-11-15-5-3-4-6-18(15)22/h3-10,13-14H,11-12H2,1-2H3,(H,26,28)(H,23,24,25). The van der Waals surface area contributed by atoms with Gasteiger partial charge in [-0.1, -0.05) is 18.2 Å². The molecule has 1 aromatic heterocycles. The van der Waals surface area contributed by atoms with Gasteiger partial charge < -0.3 is 15.5 Å². The molecule has 144 valence electrons. The number of amides is 1. The second kappa shape index (κ2) is 8.94. The molecule has 0 radical (unpaired) electrons. The van der Waals surface area contributed by atoms with Gasteiger partial charge in [-0.05, 0) is 42.3 Å². The van der Waals surface area contributed by atoms with E-state index in [0.29, 0.717) is 30.0 Å². The maximum absolute atomic E-state index is 13.7. The highest BCUT2D eigenvalue weighted by molar-refractivity contribution is 6.03. The van der Waals surface area contributed by atoms with E-state index in [9.17, 15) is 9.18 Å². The molecule has 7 heteroatoms. The van der Waals surface area contributed by atoms with E-state index < -0.39 is 0 Å². The van der Waals surface area contributed by atoms with E-state index in [1.54, 1.807) is 24.3 Å². The summed E-state index contributed by atoms with van der Waals surface area (Å²) in [6, 6.07) is 15.7. The topological polar surface area (TPSA) is 70.2 Å². The van der Waals surface area contributed by atoms with Gasteiger partial charge in [0.1, 0.15) is 23.7 Å². The maximum atomic E-state index is 13.7. The molecular formula is C21H22FN5O. The molecule has 0 saturated carbocycles. The minimum absolute atomic E-state index is 0.229. The predicted octanol–water partition coefficient (Wildman–Crippen LogP) is 3.59. The average molecular weight is 379 g/mol. The third kappa shape index (κ3) is 5.03. The Morgan fingerprint density at radius 3 is 2.54 bits per heavy atom. The van der Waals surface area contributed by atoms with Crippen LogP contribution in [0.4, 0.5) is 21.6 Å². The van der Waals surface area contributed by atoms with Crippen LogP contribution in [0.3, 0.4) is 0 Å². The van der Waals surface area contributed by atoms with Crippen LogP contribution in [-0.4, -0.2) is 36.5 Å². The van der Waals surface area contributed by atoms with Gasteiger partial charge in [0, 0.05) is 38.1 Å². The summed E-state index contributed by atoms with van der Waals surface area (Å²) >= 11 is 0. The molecule has 6 nitrogen and oxygen atoms in total. The largest absolute Gasteiger partial charge is 0.378 e. The van der Waals surface area contributed by atoms with E-state index in [1.807, 2.05) is 43.3 Å². The summed E-state index contributed by atoms with van der Waals surface area (Å²) in [6.45, 7) is 0.491. The predicted molar refractivity (Wildman–Crippen MR) is 109 cm³/mol. The van der Waals surface area contributed by atoms with E-state index in [4.69, 9.17) is 0 Å². The van der Waals surface area contributed by atoms with Crippen LogP contribution in [0.5, 0.6) is 0 Å². The quantitative estimate of drug-likeness (QED) is 0.657. The van der Waals surface area contributed by atoms with Gasteiger partial charge in [-0.3, -0.25) is 4.79 Å². The van der Waals surface area contributed by atoms with Gasteiger partial charge in [0.05, 0.1) is 0 Å². The Morgan fingerprint density at radius 1 is 1.07 bits per heavy atom. The first-order chi connectivity index (χ1) is 13.5. The smallest absolute Gasteiger partial charge is 0.274 e. The number of aromatic nitrogens is 2. The van der Waals surface area contributed by atoms with Gasteiger partial charge in [-0.2, -0.15) is 0 Å². The number of carbonyl (C=O) groups excluding carboxylic acids is 1. The Morgan fingerprint density at radius 2 is 1.82 bits per heavy atom. The molecule has 0 unspecified atom stereocenters. The van der Waals surface area contributed by atoms with E-state index in [1.165, 1.54) is 12.4 Å². The summed E-state index contributed by atoms with van der Waals surface area (Å²) < 4.78 is 13.7. The number of halogens is 1. The molecular weight excluding hydrogens is 357 g/mol. The first-order valence-corrected chi connectivity index (χ1v) is 8.91. The highest BCUT2D eigenvalue weighted by atomic mass is 19.1. The van der Waals surface area contributed by atoms with Gasteiger partial charge in [0.25, 0.3) is 5.91 Å². The lowest BCUT2D eigenvalue weighted by Gasteiger charge is -2.13. The molecule has 1 heterocycles. The summed E-state index contributed by atoms with van der Waals surface area (Å²) in [7, 11) is 3.91. The Labute approximate surface area is 163 Å². The molecule has 1 amide bonds. The van der Waals surface area contributed by atoms with Crippen molar-refractivity contribution in [2.24, 2.45) is 0 Å². The molecule has 3 aromatic rings. The molecule has 0 fully saturated rings. The van der Waals surface area contributed by atoms with Crippen LogP contribution in [0.1, 0.15) is 16.1 Å². The summed E-state index contributed by atoms with van der Waals surface area (Å²) in [4.78, 5) is 22.6. The van der Waals surface area contributed by atoms with Crippen LogP contribution in [0, 0.1) is 5.82 Å². The lowest BCUT2D eigenvalue weighted by atomic mass is 10.1. The molecule has 0 aliphatic heterocycles. The zero-order valence-corrected chi connectivity index (χ0v) is 15.8. The summed E-state index contributed by atoms with van der Waals surface area (Å²) in [5.41, 5.74) is 2.60. The van der Waals surface area contributed by atoms with Crippen LogP contribution in [-0.2, 0) is 6.42 Å². The zero-order chi connectivity index (χ0) is 19.9. The Kier molecular flexibility index (Phi) is 6.16. The zero-order valence-electron chi connectivity index (χ0n) is 15.8. The number of rotatable bonds is 7. The second-order valence-corrected chi connectivity index (χ2v) is 6.45. The molecule has 28 heavy (non-hydrogen) atoms. The highest BCUT2D eigenvalue weighted by Gasteiger charge is 2.10. The average Bonchev–Trinajstić information content (AvgIpc) is 2.70. The molecule has 2 N–H and O–H groups in total. The van der Waals surface area contributed by atoms with Crippen molar-refractivity contribution in [3.63, 3.8) is 0 Å². The van der Waals surface area contributed by atoms with Crippen molar-refractivity contribution in [2.75, 3.05) is 36.2 Å². The van der Waals surface area contributed by atoms with Crippen LogP contribution < -0.4 is 15.5 Å². The normalized spacial score (nSPS) is 10.4. The Hall–Kier alpha value is -3.48. The first kappa shape index (κ1) is 19.3. The molecule has 0 spiro atoms. The number of hydrogen-bond donors (Lipinski definition) is 2. The summed E-state index contributed by atoms with van der Waals surface area (Å²) in [5, 5.41) is 5.91. The lowest BCUT2D eigenvalue weighted by Crippen LogP contribution is -2.15. The fourth-order valence-corrected chi connectivity index (χ4v) is 2.64. The number of benzene rings is 2. The number of nitrogens with zero attached hydrogens (tertiary/aromatic N) is 3. The molecule has 0 aliphatic carbocycles. The van der Waals surface area contributed by atoms with Crippen molar-refractivity contribution >= 4 is 23.1 Å². The van der Waals surface area contributed by atoms with Gasteiger partial charge in [-0.15, -0.1) is 0 Å². The lowest BCUT2D eigenvalue weighted by molar-refractivity contribution is 0.102. The van der Waals surface area contributed by atoms with Crippen molar-refractivity contribution in [3.8, 4) is 0 Å². The fourth-order valence-electron chi connectivity index (χ4n) is 2.64. The van der Waals surface area contributed by atoms with E-state index >= 15 is 0 Å². The number of hydrogen-bond acceptors (Lipinski definition) is 5. The first-order valence-electron chi connectivity index (χ1n) is 8.91.